The third-order valence-corrected chi connectivity index (χ3v) is 5.33. The molecule has 0 radical (unpaired) electrons. The highest BCUT2D eigenvalue weighted by Gasteiger charge is 2.21. The average molecular weight is 391 g/mol. The van der Waals surface area contributed by atoms with Crippen molar-refractivity contribution in [2.45, 2.75) is 10.9 Å². The minimum Gasteiger partial charge on any atom is -0.460 e. The molecule has 9 nitrogen and oxygen atoms in total. The number of hydrogen-bond acceptors (Lipinski definition) is 9. The second-order valence-corrected chi connectivity index (χ2v) is 7.26. The molecule has 11 heteroatoms. The van der Waals surface area contributed by atoms with Crippen molar-refractivity contribution in [3.8, 4) is 10.8 Å². The summed E-state index contributed by atoms with van der Waals surface area (Å²) in [5.41, 5.74) is 0.917. The van der Waals surface area contributed by atoms with Crippen LogP contribution in [0.2, 0.25) is 0 Å². The van der Waals surface area contributed by atoms with Gasteiger partial charge in [0.25, 0.3) is 5.82 Å². The summed E-state index contributed by atoms with van der Waals surface area (Å²) in [6.07, 6.45) is 1.17. The first-order valence-electron chi connectivity index (χ1n) is 7.37. The summed E-state index contributed by atoms with van der Waals surface area (Å²) in [6.45, 7) is 0.221. The molecule has 0 fully saturated rings. The Kier molecular flexibility index (Phi) is 5.58. The summed E-state index contributed by atoms with van der Waals surface area (Å²) in [5, 5.41) is 19.3. The minimum absolute atomic E-state index is 0.0994. The number of carbonyl (C=O) groups is 1. The quantitative estimate of drug-likeness (QED) is 0.261. The molecule has 0 aliphatic carbocycles. The molecule has 1 aromatic carbocycles. The van der Waals surface area contributed by atoms with Crippen LogP contribution in [-0.2, 0) is 23.2 Å². The molecule has 0 amide bonds. The smallest absolute Gasteiger partial charge is 0.342 e. The fourth-order valence-electron chi connectivity index (χ4n) is 2.03. The summed E-state index contributed by atoms with van der Waals surface area (Å²) < 4.78 is 7.09. The van der Waals surface area contributed by atoms with Crippen LogP contribution in [0.15, 0.2) is 40.9 Å². The number of benzene rings is 1. The Morgan fingerprint density at radius 2 is 2.12 bits per heavy atom. The predicted molar refractivity (Wildman–Crippen MR) is 95.7 cm³/mol. The minimum atomic E-state index is -0.518. The van der Waals surface area contributed by atoms with Crippen LogP contribution < -0.4 is 0 Å². The molecule has 0 N–H and O–H groups in total. The summed E-state index contributed by atoms with van der Waals surface area (Å²) in [6, 6.07) is 9.41. The van der Waals surface area contributed by atoms with E-state index in [9.17, 15) is 14.9 Å². The molecule has 0 aliphatic rings. The van der Waals surface area contributed by atoms with Gasteiger partial charge >= 0.3 is 11.8 Å². The van der Waals surface area contributed by atoms with E-state index in [1.165, 1.54) is 40.9 Å². The van der Waals surface area contributed by atoms with E-state index in [0.29, 0.717) is 15.2 Å². The van der Waals surface area contributed by atoms with Gasteiger partial charge in [-0.05, 0) is 10.5 Å². The van der Waals surface area contributed by atoms with Crippen molar-refractivity contribution < 1.29 is 14.5 Å². The largest absolute Gasteiger partial charge is 0.460 e. The van der Waals surface area contributed by atoms with Gasteiger partial charge in [-0.15, -0.1) is 10.2 Å². The van der Waals surface area contributed by atoms with Gasteiger partial charge in [0.15, 0.2) is 4.34 Å². The van der Waals surface area contributed by atoms with E-state index in [0.717, 1.165) is 5.56 Å². The molecule has 3 aromatic rings. The van der Waals surface area contributed by atoms with Crippen LogP contribution in [0.25, 0.3) is 10.8 Å². The Morgan fingerprint density at radius 3 is 2.81 bits per heavy atom. The number of aromatic nitrogens is 4. The van der Waals surface area contributed by atoms with Crippen LogP contribution in [0.5, 0.6) is 0 Å². The average Bonchev–Trinajstić information content (AvgIpc) is 3.25. The Morgan fingerprint density at radius 1 is 1.35 bits per heavy atom. The number of esters is 1. The fraction of sp³-hybridized carbons (Fsp3) is 0.200. The first kappa shape index (κ1) is 18.0. The Bertz CT molecular complexity index is 925. The van der Waals surface area contributed by atoms with E-state index in [1.807, 2.05) is 30.3 Å². The Labute approximate surface area is 156 Å². The number of imidazole rings is 1. The standard InChI is InChI=1S/C15H13N5O4S2/c1-19-11(20(22)23)7-16-13(19)14-17-18-15(26-14)25-9-12(21)24-8-10-5-3-2-4-6-10/h2-7H,8-9H2,1H3. The molecule has 0 unspecified atom stereocenters. The van der Waals surface area contributed by atoms with Crippen molar-refractivity contribution in [3.05, 3.63) is 52.2 Å². The van der Waals surface area contributed by atoms with E-state index in [2.05, 4.69) is 15.2 Å². The summed E-state index contributed by atoms with van der Waals surface area (Å²) in [4.78, 5) is 26.2. The lowest BCUT2D eigenvalue weighted by Crippen LogP contribution is -2.07. The van der Waals surface area contributed by atoms with Gasteiger partial charge < -0.3 is 14.9 Å². The van der Waals surface area contributed by atoms with Crippen molar-refractivity contribution in [1.29, 1.82) is 0 Å². The topological polar surface area (TPSA) is 113 Å². The lowest BCUT2D eigenvalue weighted by molar-refractivity contribution is -0.391. The third-order valence-electron chi connectivity index (χ3n) is 3.30. The molecule has 0 bridgehead atoms. The zero-order chi connectivity index (χ0) is 18.5. The van der Waals surface area contributed by atoms with Gasteiger partial charge in [0.05, 0.1) is 12.8 Å². The van der Waals surface area contributed by atoms with Crippen LogP contribution >= 0.6 is 23.1 Å². The monoisotopic (exact) mass is 391 g/mol. The highest BCUT2D eigenvalue weighted by molar-refractivity contribution is 8.01. The number of carbonyl (C=O) groups excluding carboxylic acids is 1. The second-order valence-electron chi connectivity index (χ2n) is 5.06. The highest BCUT2D eigenvalue weighted by atomic mass is 32.2. The van der Waals surface area contributed by atoms with Crippen molar-refractivity contribution in [3.63, 3.8) is 0 Å². The number of nitrogens with zero attached hydrogens (tertiary/aromatic N) is 5. The summed E-state index contributed by atoms with van der Waals surface area (Å²) in [5.74, 6) is -0.0350. The molecule has 0 saturated heterocycles. The normalized spacial score (nSPS) is 10.7. The third kappa shape index (κ3) is 4.24. The van der Waals surface area contributed by atoms with Gasteiger partial charge in [0, 0.05) is 0 Å². The molecular weight excluding hydrogens is 378 g/mol. The van der Waals surface area contributed by atoms with Crippen molar-refractivity contribution in [2.75, 3.05) is 5.75 Å². The van der Waals surface area contributed by atoms with Gasteiger partial charge in [-0.1, -0.05) is 53.4 Å². The van der Waals surface area contributed by atoms with E-state index < -0.39 is 4.92 Å². The van der Waals surface area contributed by atoms with E-state index in [-0.39, 0.29) is 24.1 Å². The summed E-state index contributed by atoms with van der Waals surface area (Å²) in [7, 11) is 1.54. The second kappa shape index (κ2) is 8.06. The van der Waals surface area contributed by atoms with E-state index >= 15 is 0 Å². The lowest BCUT2D eigenvalue weighted by atomic mass is 10.2. The summed E-state index contributed by atoms with van der Waals surface area (Å²) >= 11 is 2.41. The molecule has 2 heterocycles. The molecule has 0 saturated carbocycles. The molecule has 2 aromatic heterocycles. The molecule has 134 valence electrons. The maximum atomic E-state index is 11.8. The zero-order valence-corrected chi connectivity index (χ0v) is 15.2. The van der Waals surface area contributed by atoms with Crippen molar-refractivity contribution in [2.24, 2.45) is 7.05 Å². The predicted octanol–water partition coefficient (Wildman–Crippen LogP) is 2.68. The fourth-order valence-corrected chi connectivity index (χ4v) is 3.71. The maximum absolute atomic E-state index is 11.8. The van der Waals surface area contributed by atoms with Crippen LogP contribution in [0, 0.1) is 10.1 Å². The van der Waals surface area contributed by atoms with Gasteiger partial charge in [-0.25, -0.2) is 9.55 Å². The van der Waals surface area contributed by atoms with Gasteiger partial charge in [0.2, 0.25) is 5.01 Å². The molecule has 26 heavy (non-hydrogen) atoms. The van der Waals surface area contributed by atoms with Crippen LogP contribution in [-0.4, -0.2) is 36.4 Å². The molecule has 0 spiro atoms. The molecular formula is C15H13N5O4S2. The van der Waals surface area contributed by atoms with Gasteiger partial charge in [0.1, 0.15) is 12.8 Å². The molecule has 0 atom stereocenters. The van der Waals surface area contributed by atoms with Crippen molar-refractivity contribution >= 4 is 34.9 Å². The maximum Gasteiger partial charge on any atom is 0.342 e. The number of thioether (sulfide) groups is 1. The SMILES string of the molecule is Cn1c([N+](=O)[O-])cnc1-c1nnc(SCC(=O)OCc2ccccc2)s1. The number of rotatable bonds is 7. The first-order valence-corrected chi connectivity index (χ1v) is 9.17. The van der Waals surface area contributed by atoms with E-state index in [4.69, 9.17) is 4.74 Å². The first-order chi connectivity index (χ1) is 12.5. The van der Waals surface area contributed by atoms with Crippen LogP contribution in [0.1, 0.15) is 5.56 Å². The van der Waals surface area contributed by atoms with E-state index in [1.54, 1.807) is 0 Å². The van der Waals surface area contributed by atoms with Crippen LogP contribution in [0.3, 0.4) is 0 Å². The molecule has 0 aliphatic heterocycles. The van der Waals surface area contributed by atoms with Crippen LogP contribution in [0.4, 0.5) is 5.82 Å². The zero-order valence-electron chi connectivity index (χ0n) is 13.6. The van der Waals surface area contributed by atoms with Crippen molar-refractivity contribution in [1.82, 2.24) is 19.7 Å². The lowest BCUT2D eigenvalue weighted by Gasteiger charge is -2.03. The Balaban J connectivity index is 1.55. The Hall–Kier alpha value is -2.79. The highest BCUT2D eigenvalue weighted by Crippen LogP contribution is 2.30. The number of nitro groups is 1. The number of ether oxygens (including phenoxy) is 1. The number of hydrogen-bond donors (Lipinski definition) is 0. The van der Waals surface area contributed by atoms with Gasteiger partial charge in [-0.3, -0.25) is 4.79 Å². The van der Waals surface area contributed by atoms with Gasteiger partial charge in [-0.2, -0.15) is 0 Å². The molecule has 3 rings (SSSR count).